The highest BCUT2D eigenvalue weighted by Crippen LogP contribution is 2.60. The van der Waals surface area contributed by atoms with Crippen molar-refractivity contribution >= 4 is 21.8 Å². The molecule has 0 aromatic rings. The Balaban J connectivity index is 1.60. The first-order valence-corrected chi connectivity index (χ1v) is 8.44. The number of alkyl halides is 1. The van der Waals surface area contributed by atoms with Crippen LogP contribution in [0.15, 0.2) is 0 Å². The number of methoxy groups -OCH3 is 1. The first-order chi connectivity index (χ1) is 9.11. The van der Waals surface area contributed by atoms with Crippen LogP contribution < -0.4 is 5.32 Å². The fourth-order valence-electron chi connectivity index (χ4n) is 5.02. The fourth-order valence-corrected chi connectivity index (χ4v) is 5.45. The maximum absolute atomic E-state index is 12.6. The Hall–Kier alpha value is -0.0900. The molecule has 4 aliphatic rings. The first kappa shape index (κ1) is 13.9. The Kier molecular flexibility index (Phi) is 3.91. The van der Waals surface area contributed by atoms with Crippen molar-refractivity contribution in [1.29, 1.82) is 0 Å². The number of hydrogen-bond donors (Lipinski definition) is 1. The van der Waals surface area contributed by atoms with E-state index in [1.807, 2.05) is 0 Å². The third-order valence-electron chi connectivity index (χ3n) is 5.35. The zero-order chi connectivity index (χ0) is 13.5. The highest BCUT2D eigenvalue weighted by molar-refractivity contribution is 9.09. The molecule has 0 radical (unpaired) electrons. The van der Waals surface area contributed by atoms with Crippen LogP contribution in [0.3, 0.4) is 0 Å². The second-order valence-electron chi connectivity index (χ2n) is 6.96. The smallest absolute Gasteiger partial charge is 0.226 e. The topological polar surface area (TPSA) is 38.3 Å². The van der Waals surface area contributed by atoms with Gasteiger partial charge in [-0.25, -0.2) is 0 Å². The van der Waals surface area contributed by atoms with Gasteiger partial charge in [0, 0.05) is 19.1 Å². The van der Waals surface area contributed by atoms with Gasteiger partial charge in [0.25, 0.3) is 0 Å². The van der Waals surface area contributed by atoms with E-state index in [-0.39, 0.29) is 10.2 Å². The normalized spacial score (nSPS) is 41.3. The van der Waals surface area contributed by atoms with Crippen LogP contribution in [0.5, 0.6) is 0 Å². The number of hydrogen-bond acceptors (Lipinski definition) is 2. The van der Waals surface area contributed by atoms with Crippen molar-refractivity contribution in [3.8, 4) is 0 Å². The average Bonchev–Trinajstić information content (AvgIpc) is 2.34. The number of carbonyl (C=O) groups is 1. The van der Waals surface area contributed by atoms with Crippen molar-refractivity contribution in [2.75, 3.05) is 20.3 Å². The van der Waals surface area contributed by atoms with Crippen molar-refractivity contribution < 1.29 is 9.53 Å². The number of amides is 1. The van der Waals surface area contributed by atoms with Gasteiger partial charge in [-0.15, -0.1) is 0 Å². The van der Waals surface area contributed by atoms with Crippen LogP contribution in [0.25, 0.3) is 0 Å². The molecule has 0 saturated heterocycles. The zero-order valence-electron chi connectivity index (χ0n) is 11.7. The van der Waals surface area contributed by atoms with Crippen molar-refractivity contribution in [1.82, 2.24) is 5.32 Å². The molecule has 3 nitrogen and oxygen atoms in total. The Bertz CT molecular complexity index is 323. The number of rotatable bonds is 5. The summed E-state index contributed by atoms with van der Waals surface area (Å²) >= 11 is 3.54. The molecule has 4 rings (SSSR count). The minimum Gasteiger partial charge on any atom is -0.383 e. The highest BCUT2D eigenvalue weighted by Gasteiger charge is 2.54. The van der Waals surface area contributed by atoms with Gasteiger partial charge < -0.3 is 10.1 Å². The van der Waals surface area contributed by atoms with E-state index >= 15 is 0 Å². The van der Waals surface area contributed by atoms with Crippen molar-refractivity contribution in [3.05, 3.63) is 0 Å². The second-order valence-corrected chi connectivity index (χ2v) is 8.26. The monoisotopic (exact) mass is 329 g/mol. The molecule has 4 heteroatoms. The summed E-state index contributed by atoms with van der Waals surface area (Å²) in [4.78, 5) is 12.9. The molecular formula is C15H24BrNO2. The summed E-state index contributed by atoms with van der Waals surface area (Å²) in [5.41, 5.74) is -0.0193. The van der Waals surface area contributed by atoms with Crippen LogP contribution >= 0.6 is 15.9 Å². The molecular weight excluding hydrogens is 306 g/mol. The molecule has 4 aliphatic carbocycles. The lowest BCUT2D eigenvalue weighted by atomic mass is 9.49. The van der Waals surface area contributed by atoms with Gasteiger partial charge in [-0.2, -0.15) is 0 Å². The summed E-state index contributed by atoms with van der Waals surface area (Å²) in [5.74, 6) is 2.80. The summed E-state index contributed by atoms with van der Waals surface area (Å²) in [7, 11) is 1.69. The van der Waals surface area contributed by atoms with Crippen molar-refractivity contribution in [2.24, 2.45) is 23.2 Å². The number of halogens is 1. The lowest BCUT2D eigenvalue weighted by molar-refractivity contribution is -0.146. The van der Waals surface area contributed by atoms with Crippen LogP contribution in [-0.2, 0) is 9.53 Å². The Labute approximate surface area is 124 Å². The third-order valence-corrected chi connectivity index (χ3v) is 5.94. The van der Waals surface area contributed by atoms with E-state index in [4.69, 9.17) is 4.74 Å². The lowest BCUT2D eigenvalue weighted by Gasteiger charge is -2.55. The molecule has 1 amide bonds. The highest BCUT2D eigenvalue weighted by atomic mass is 79.9. The van der Waals surface area contributed by atoms with Gasteiger partial charge in [-0.3, -0.25) is 4.79 Å². The van der Waals surface area contributed by atoms with Gasteiger partial charge in [-0.1, -0.05) is 15.9 Å². The molecule has 4 fully saturated rings. The van der Waals surface area contributed by atoms with E-state index in [0.29, 0.717) is 19.1 Å². The largest absolute Gasteiger partial charge is 0.383 e. The van der Waals surface area contributed by atoms with E-state index < -0.39 is 0 Å². The predicted molar refractivity (Wildman–Crippen MR) is 78.2 cm³/mol. The van der Waals surface area contributed by atoms with Gasteiger partial charge in [0.15, 0.2) is 0 Å². The van der Waals surface area contributed by atoms with E-state index in [1.54, 1.807) is 7.11 Å². The van der Waals surface area contributed by atoms with E-state index in [9.17, 15) is 4.79 Å². The maximum Gasteiger partial charge on any atom is 0.226 e. The maximum atomic E-state index is 12.6. The standard InChI is InChI=1S/C15H24BrNO2/c1-19-9-13(16)8-17-14(18)15-5-10-2-11(6-15)4-12(3-10)7-15/h10-13H,2-9H2,1H3,(H,17,18). The van der Waals surface area contributed by atoms with Crippen molar-refractivity contribution in [2.45, 2.75) is 43.4 Å². The summed E-state index contributed by atoms with van der Waals surface area (Å²) < 4.78 is 5.09. The summed E-state index contributed by atoms with van der Waals surface area (Å²) in [6, 6.07) is 0. The molecule has 4 saturated carbocycles. The molecule has 108 valence electrons. The fraction of sp³-hybridized carbons (Fsp3) is 0.933. The average molecular weight is 330 g/mol. The first-order valence-electron chi connectivity index (χ1n) is 7.52. The van der Waals surface area contributed by atoms with Crippen LogP contribution in [-0.4, -0.2) is 31.0 Å². The Morgan fingerprint density at radius 1 is 1.26 bits per heavy atom. The molecule has 0 heterocycles. The van der Waals surface area contributed by atoms with E-state index in [0.717, 1.165) is 37.0 Å². The van der Waals surface area contributed by atoms with Gasteiger partial charge in [-0.05, 0) is 56.3 Å². The van der Waals surface area contributed by atoms with Crippen LogP contribution in [0.2, 0.25) is 0 Å². The minimum absolute atomic E-state index is 0.0193. The molecule has 0 aromatic heterocycles. The van der Waals surface area contributed by atoms with Crippen LogP contribution in [0.1, 0.15) is 38.5 Å². The van der Waals surface area contributed by atoms with Crippen molar-refractivity contribution in [3.63, 3.8) is 0 Å². The molecule has 0 aliphatic heterocycles. The third kappa shape index (κ3) is 2.71. The van der Waals surface area contributed by atoms with Crippen LogP contribution in [0, 0.1) is 23.2 Å². The van der Waals surface area contributed by atoms with Gasteiger partial charge >= 0.3 is 0 Å². The summed E-state index contributed by atoms with van der Waals surface area (Å²) in [6.45, 7) is 1.32. The molecule has 1 atom stereocenters. The molecule has 0 aromatic carbocycles. The summed E-state index contributed by atoms with van der Waals surface area (Å²) in [5, 5.41) is 3.16. The quantitative estimate of drug-likeness (QED) is 0.787. The minimum atomic E-state index is -0.0193. The Morgan fingerprint density at radius 2 is 1.79 bits per heavy atom. The Morgan fingerprint density at radius 3 is 2.26 bits per heavy atom. The number of nitrogens with one attached hydrogen (secondary N) is 1. The summed E-state index contributed by atoms with van der Waals surface area (Å²) in [6.07, 6.45) is 7.58. The number of ether oxygens (including phenoxy) is 1. The molecule has 0 spiro atoms. The van der Waals surface area contributed by atoms with E-state index in [1.165, 1.54) is 19.3 Å². The zero-order valence-corrected chi connectivity index (χ0v) is 13.2. The van der Waals surface area contributed by atoms with Gasteiger partial charge in [0.05, 0.1) is 11.4 Å². The SMILES string of the molecule is COCC(Br)CNC(=O)C12CC3CC(CC(C3)C1)C2. The van der Waals surface area contributed by atoms with Gasteiger partial charge in [0.1, 0.15) is 0 Å². The van der Waals surface area contributed by atoms with Gasteiger partial charge in [0.2, 0.25) is 5.91 Å². The van der Waals surface area contributed by atoms with E-state index in [2.05, 4.69) is 21.2 Å². The molecule has 19 heavy (non-hydrogen) atoms. The molecule has 1 unspecified atom stereocenters. The lowest BCUT2D eigenvalue weighted by Crippen LogP contribution is -2.54. The second kappa shape index (κ2) is 5.36. The van der Waals surface area contributed by atoms with Crippen LogP contribution in [0.4, 0.5) is 0 Å². The predicted octanol–water partition coefficient (Wildman–Crippen LogP) is 2.73. The molecule has 1 N–H and O–H groups in total. The number of carbonyl (C=O) groups excluding carboxylic acids is 1. The molecule has 4 bridgehead atoms.